The fourth-order valence-electron chi connectivity index (χ4n) is 1.60. The molecule has 110 valence electrons. The van der Waals surface area contributed by atoms with Crippen molar-refractivity contribution in [3.63, 3.8) is 0 Å². The second kappa shape index (κ2) is 7.42. The number of primary amides is 1. The molecular weight excluding hydrogens is 258 g/mol. The lowest BCUT2D eigenvalue weighted by atomic mass is 10.0. The highest BCUT2D eigenvalue weighted by molar-refractivity contribution is 5.95. The Morgan fingerprint density at radius 3 is 2.60 bits per heavy atom. The van der Waals surface area contributed by atoms with Gasteiger partial charge in [0.25, 0.3) is 5.91 Å². The van der Waals surface area contributed by atoms with Crippen LogP contribution in [0.25, 0.3) is 0 Å². The Kier molecular flexibility index (Phi) is 5.89. The molecule has 7 nitrogen and oxygen atoms in total. The van der Waals surface area contributed by atoms with E-state index in [0.717, 1.165) is 13.0 Å². The summed E-state index contributed by atoms with van der Waals surface area (Å²) in [4.78, 5) is 31.4. The van der Waals surface area contributed by atoms with Crippen LogP contribution in [0.2, 0.25) is 0 Å². The summed E-state index contributed by atoms with van der Waals surface area (Å²) in [6, 6.07) is -0.725. The standard InChI is InChI=1S/C13H21N5O2/c1-4-5-16-10-7-15-6-9(17-10)13(20)18-11(8(2)3)12(14)19/h6-8,11H,4-5H2,1-3H3,(H2,14,19)(H,16,17)(H,18,20). The summed E-state index contributed by atoms with van der Waals surface area (Å²) in [5.41, 5.74) is 5.41. The van der Waals surface area contributed by atoms with E-state index >= 15 is 0 Å². The zero-order valence-electron chi connectivity index (χ0n) is 12.0. The van der Waals surface area contributed by atoms with Crippen molar-refractivity contribution >= 4 is 17.6 Å². The summed E-state index contributed by atoms with van der Waals surface area (Å²) in [6.45, 7) is 6.38. The third-order valence-corrected chi connectivity index (χ3v) is 2.68. The number of rotatable bonds is 7. The smallest absolute Gasteiger partial charge is 0.272 e. The van der Waals surface area contributed by atoms with Crippen LogP contribution >= 0.6 is 0 Å². The van der Waals surface area contributed by atoms with E-state index in [1.54, 1.807) is 20.0 Å². The summed E-state index contributed by atoms with van der Waals surface area (Å²) in [5, 5.41) is 5.61. The number of nitrogens with zero attached hydrogens (tertiary/aromatic N) is 2. The molecular formula is C13H21N5O2. The van der Waals surface area contributed by atoms with E-state index < -0.39 is 17.9 Å². The van der Waals surface area contributed by atoms with Crippen molar-refractivity contribution < 1.29 is 9.59 Å². The maximum absolute atomic E-state index is 12.0. The zero-order chi connectivity index (χ0) is 15.1. The van der Waals surface area contributed by atoms with Crippen molar-refractivity contribution in [1.82, 2.24) is 15.3 Å². The van der Waals surface area contributed by atoms with Crippen molar-refractivity contribution in [2.45, 2.75) is 33.2 Å². The molecule has 1 heterocycles. The van der Waals surface area contributed by atoms with E-state index in [2.05, 4.69) is 20.6 Å². The Hall–Kier alpha value is -2.18. The number of hydrogen-bond donors (Lipinski definition) is 3. The molecule has 2 amide bonds. The molecule has 7 heteroatoms. The van der Waals surface area contributed by atoms with Crippen LogP contribution < -0.4 is 16.4 Å². The number of hydrogen-bond acceptors (Lipinski definition) is 5. The lowest BCUT2D eigenvalue weighted by molar-refractivity contribution is -0.120. The van der Waals surface area contributed by atoms with Gasteiger partial charge in [0.2, 0.25) is 5.91 Å². The van der Waals surface area contributed by atoms with Crippen LogP contribution in [-0.4, -0.2) is 34.4 Å². The third-order valence-electron chi connectivity index (χ3n) is 2.68. The number of nitrogens with one attached hydrogen (secondary N) is 2. The predicted octanol–water partition coefficient (Wildman–Crippen LogP) is 0.538. The molecule has 0 bridgehead atoms. The molecule has 0 saturated carbocycles. The van der Waals surface area contributed by atoms with E-state index in [4.69, 9.17) is 5.73 Å². The maximum Gasteiger partial charge on any atom is 0.272 e. The molecule has 0 saturated heterocycles. The summed E-state index contributed by atoms with van der Waals surface area (Å²) in [6.07, 6.45) is 3.83. The summed E-state index contributed by atoms with van der Waals surface area (Å²) < 4.78 is 0. The first kappa shape index (κ1) is 15.9. The number of amides is 2. The van der Waals surface area contributed by atoms with E-state index in [1.807, 2.05) is 6.92 Å². The lowest BCUT2D eigenvalue weighted by Crippen LogP contribution is -2.47. The summed E-state index contributed by atoms with van der Waals surface area (Å²) >= 11 is 0. The van der Waals surface area contributed by atoms with Gasteiger partial charge in [0.15, 0.2) is 0 Å². The van der Waals surface area contributed by atoms with Gasteiger partial charge in [-0.2, -0.15) is 0 Å². The van der Waals surface area contributed by atoms with Gasteiger partial charge in [-0.15, -0.1) is 0 Å². The molecule has 0 aliphatic rings. The normalized spacial score (nSPS) is 12.0. The number of carbonyl (C=O) groups excluding carboxylic acids is 2. The highest BCUT2D eigenvalue weighted by Gasteiger charge is 2.23. The van der Waals surface area contributed by atoms with Gasteiger partial charge in [-0.25, -0.2) is 4.98 Å². The molecule has 1 unspecified atom stereocenters. The summed E-state index contributed by atoms with van der Waals surface area (Å²) in [5.74, 6) is -0.595. The van der Waals surface area contributed by atoms with Crippen LogP contribution in [0.3, 0.4) is 0 Å². The van der Waals surface area contributed by atoms with Crippen molar-refractivity contribution in [2.75, 3.05) is 11.9 Å². The summed E-state index contributed by atoms with van der Waals surface area (Å²) in [7, 11) is 0. The number of nitrogens with two attached hydrogens (primary N) is 1. The Morgan fingerprint density at radius 1 is 1.35 bits per heavy atom. The first-order valence-corrected chi connectivity index (χ1v) is 6.61. The number of aromatic nitrogens is 2. The Labute approximate surface area is 118 Å². The third kappa shape index (κ3) is 4.49. The van der Waals surface area contributed by atoms with Crippen molar-refractivity contribution in [3.05, 3.63) is 18.1 Å². The van der Waals surface area contributed by atoms with Gasteiger partial charge in [-0.05, 0) is 12.3 Å². The Bertz CT molecular complexity index is 476. The van der Waals surface area contributed by atoms with Crippen molar-refractivity contribution in [2.24, 2.45) is 11.7 Å². The molecule has 0 aliphatic heterocycles. The van der Waals surface area contributed by atoms with Gasteiger partial charge < -0.3 is 16.4 Å². The molecule has 0 spiro atoms. The van der Waals surface area contributed by atoms with Crippen LogP contribution in [0.5, 0.6) is 0 Å². The van der Waals surface area contributed by atoms with Gasteiger partial charge in [-0.3, -0.25) is 14.6 Å². The van der Waals surface area contributed by atoms with Crippen LogP contribution in [-0.2, 0) is 4.79 Å². The average Bonchev–Trinajstić information content (AvgIpc) is 2.41. The molecule has 20 heavy (non-hydrogen) atoms. The van der Waals surface area contributed by atoms with Gasteiger partial charge in [0, 0.05) is 6.54 Å². The van der Waals surface area contributed by atoms with E-state index in [1.165, 1.54) is 6.20 Å². The molecule has 4 N–H and O–H groups in total. The second-order valence-electron chi connectivity index (χ2n) is 4.81. The zero-order valence-corrected chi connectivity index (χ0v) is 12.0. The molecule has 0 fully saturated rings. The van der Waals surface area contributed by atoms with Crippen molar-refractivity contribution in [1.29, 1.82) is 0 Å². The molecule has 1 aromatic heterocycles. The maximum atomic E-state index is 12.0. The molecule has 1 atom stereocenters. The highest BCUT2D eigenvalue weighted by atomic mass is 16.2. The quantitative estimate of drug-likeness (QED) is 0.674. The number of carbonyl (C=O) groups is 2. The minimum atomic E-state index is -0.725. The largest absolute Gasteiger partial charge is 0.369 e. The second-order valence-corrected chi connectivity index (χ2v) is 4.81. The van der Waals surface area contributed by atoms with Crippen LogP contribution in [0, 0.1) is 5.92 Å². The monoisotopic (exact) mass is 279 g/mol. The fourth-order valence-corrected chi connectivity index (χ4v) is 1.60. The van der Waals surface area contributed by atoms with Gasteiger partial charge in [0.1, 0.15) is 17.6 Å². The SMILES string of the molecule is CCCNc1cncc(C(=O)NC(C(N)=O)C(C)C)n1. The Balaban J connectivity index is 2.78. The number of anilines is 1. The van der Waals surface area contributed by atoms with Crippen molar-refractivity contribution in [3.8, 4) is 0 Å². The first-order chi connectivity index (χ1) is 9.45. The Morgan fingerprint density at radius 2 is 2.05 bits per heavy atom. The molecule has 1 aromatic rings. The minimum Gasteiger partial charge on any atom is -0.369 e. The van der Waals surface area contributed by atoms with E-state index in [0.29, 0.717) is 5.82 Å². The van der Waals surface area contributed by atoms with Crippen LogP contribution in [0.1, 0.15) is 37.7 Å². The topological polar surface area (TPSA) is 110 Å². The van der Waals surface area contributed by atoms with Gasteiger partial charge >= 0.3 is 0 Å². The first-order valence-electron chi connectivity index (χ1n) is 6.61. The van der Waals surface area contributed by atoms with E-state index in [-0.39, 0.29) is 11.6 Å². The molecule has 1 rings (SSSR count). The molecule has 0 aliphatic carbocycles. The average molecular weight is 279 g/mol. The van der Waals surface area contributed by atoms with Crippen LogP contribution in [0.15, 0.2) is 12.4 Å². The molecule has 0 radical (unpaired) electrons. The van der Waals surface area contributed by atoms with E-state index in [9.17, 15) is 9.59 Å². The predicted molar refractivity (Wildman–Crippen MR) is 76.1 cm³/mol. The lowest BCUT2D eigenvalue weighted by Gasteiger charge is -2.18. The van der Waals surface area contributed by atoms with Gasteiger partial charge in [0.05, 0.1) is 12.4 Å². The van der Waals surface area contributed by atoms with Crippen LogP contribution in [0.4, 0.5) is 5.82 Å². The minimum absolute atomic E-state index is 0.0918. The fraction of sp³-hybridized carbons (Fsp3) is 0.538. The highest BCUT2D eigenvalue weighted by Crippen LogP contribution is 2.05. The van der Waals surface area contributed by atoms with Gasteiger partial charge in [-0.1, -0.05) is 20.8 Å². The molecule has 0 aromatic carbocycles.